The molecule has 1 amide bonds. The van der Waals surface area contributed by atoms with Crippen LogP contribution in [0, 0.1) is 6.92 Å². The number of thiazole rings is 1. The molecule has 2 N–H and O–H groups in total. The first kappa shape index (κ1) is 18.1. The molecule has 0 saturated carbocycles. The molecule has 0 bridgehead atoms. The Balaban J connectivity index is 1.48. The van der Waals surface area contributed by atoms with Gasteiger partial charge in [0.05, 0.1) is 6.20 Å². The lowest BCUT2D eigenvalue weighted by atomic mass is 10.2. The van der Waals surface area contributed by atoms with Crippen LogP contribution in [0.5, 0.6) is 5.75 Å². The number of carbonyl (C=O) groups excluding carboxylic acids is 1. The topological polar surface area (TPSA) is 89.3 Å². The first-order valence-electron chi connectivity index (χ1n) is 8.11. The van der Waals surface area contributed by atoms with Gasteiger partial charge in [0.15, 0.2) is 0 Å². The monoisotopic (exact) mass is 372 g/mol. The van der Waals surface area contributed by atoms with E-state index in [1.165, 1.54) is 11.3 Å². The number of nitrogens with zero attached hydrogens (tertiary/aromatic N) is 3. The second kappa shape index (κ2) is 8.11. The second-order valence-electron chi connectivity index (χ2n) is 5.93. The summed E-state index contributed by atoms with van der Waals surface area (Å²) < 4.78 is 7.21. The van der Waals surface area contributed by atoms with E-state index in [-0.39, 0.29) is 19.1 Å². The molecule has 0 aliphatic rings. The van der Waals surface area contributed by atoms with Crippen LogP contribution < -0.4 is 10.1 Å². The van der Waals surface area contributed by atoms with Gasteiger partial charge in [0, 0.05) is 30.7 Å². The number of aryl methyl sites for hydroxylation is 2. The van der Waals surface area contributed by atoms with Gasteiger partial charge in [-0.25, -0.2) is 4.98 Å². The van der Waals surface area contributed by atoms with Crippen LogP contribution in [0.15, 0.2) is 42.0 Å². The van der Waals surface area contributed by atoms with E-state index in [0.717, 1.165) is 16.1 Å². The molecule has 0 fully saturated rings. The molecule has 7 nitrogen and oxygen atoms in total. The Morgan fingerprint density at radius 3 is 3.04 bits per heavy atom. The van der Waals surface area contributed by atoms with Crippen molar-refractivity contribution in [1.29, 1.82) is 0 Å². The molecule has 3 rings (SSSR count). The Morgan fingerprint density at radius 2 is 2.31 bits per heavy atom. The summed E-state index contributed by atoms with van der Waals surface area (Å²) in [6.45, 7) is 2.16. The third-order valence-corrected chi connectivity index (χ3v) is 4.51. The number of nitrogens with one attached hydrogen (secondary N) is 1. The second-order valence-corrected chi connectivity index (χ2v) is 6.79. The first-order valence-corrected chi connectivity index (χ1v) is 8.99. The Hall–Kier alpha value is -2.71. The molecular weight excluding hydrogens is 352 g/mol. The number of hydrogen-bond acceptors (Lipinski definition) is 6. The lowest BCUT2D eigenvalue weighted by Gasteiger charge is -2.13. The Bertz CT molecular complexity index is 890. The van der Waals surface area contributed by atoms with Crippen LogP contribution in [0.1, 0.15) is 16.1 Å². The number of amides is 1. The summed E-state index contributed by atoms with van der Waals surface area (Å²) in [5.41, 5.74) is 2.27. The number of aliphatic hydroxyl groups is 1. The SMILES string of the molecule is Cc1cccc(OC[C@@H](O)CNC(=O)c2csc(-c3cnn(C)c3)n2)c1. The average Bonchev–Trinajstić information content (AvgIpc) is 3.27. The molecule has 0 aliphatic carbocycles. The zero-order valence-corrected chi connectivity index (χ0v) is 15.4. The van der Waals surface area contributed by atoms with Crippen LogP contribution in [-0.2, 0) is 7.05 Å². The van der Waals surface area contributed by atoms with Crippen molar-refractivity contribution < 1.29 is 14.6 Å². The predicted molar refractivity (Wildman–Crippen MR) is 99.3 cm³/mol. The molecule has 0 spiro atoms. The molecule has 3 aromatic rings. The van der Waals surface area contributed by atoms with E-state index in [1.54, 1.807) is 16.3 Å². The Kier molecular flexibility index (Phi) is 5.65. The van der Waals surface area contributed by atoms with Gasteiger partial charge in [-0.2, -0.15) is 5.10 Å². The highest BCUT2D eigenvalue weighted by molar-refractivity contribution is 7.13. The van der Waals surface area contributed by atoms with Crippen molar-refractivity contribution in [2.24, 2.45) is 7.05 Å². The average molecular weight is 372 g/mol. The summed E-state index contributed by atoms with van der Waals surface area (Å²) in [6, 6.07) is 7.58. The van der Waals surface area contributed by atoms with Crippen LogP contribution in [0.25, 0.3) is 10.6 Å². The Morgan fingerprint density at radius 1 is 1.46 bits per heavy atom. The highest BCUT2D eigenvalue weighted by Crippen LogP contribution is 2.22. The minimum absolute atomic E-state index is 0.0877. The predicted octanol–water partition coefficient (Wildman–Crippen LogP) is 2.02. The van der Waals surface area contributed by atoms with E-state index in [1.807, 2.05) is 44.4 Å². The fourth-order valence-electron chi connectivity index (χ4n) is 2.30. The molecule has 1 atom stereocenters. The molecule has 0 radical (unpaired) electrons. The molecular formula is C18H20N4O3S. The Labute approximate surface area is 155 Å². The summed E-state index contributed by atoms with van der Waals surface area (Å²) in [4.78, 5) is 16.5. The summed E-state index contributed by atoms with van der Waals surface area (Å²) in [5.74, 6) is 0.363. The van der Waals surface area contributed by atoms with E-state index in [4.69, 9.17) is 4.74 Å². The number of aromatic nitrogens is 3. The van der Waals surface area contributed by atoms with Crippen molar-refractivity contribution in [3.63, 3.8) is 0 Å². The van der Waals surface area contributed by atoms with Crippen molar-refractivity contribution >= 4 is 17.2 Å². The summed E-state index contributed by atoms with van der Waals surface area (Å²) >= 11 is 1.37. The number of carbonyl (C=O) groups is 1. The standard InChI is InChI=1S/C18H20N4O3S/c1-12-4-3-5-15(6-12)25-10-14(23)8-19-17(24)16-11-26-18(21-16)13-7-20-22(2)9-13/h3-7,9,11,14,23H,8,10H2,1-2H3,(H,19,24)/t14-/m0/s1. The largest absolute Gasteiger partial charge is 0.491 e. The van der Waals surface area contributed by atoms with Crippen LogP contribution >= 0.6 is 11.3 Å². The third kappa shape index (κ3) is 4.68. The van der Waals surface area contributed by atoms with Crippen LogP contribution in [0.2, 0.25) is 0 Å². The van der Waals surface area contributed by atoms with Crippen molar-refractivity contribution in [2.75, 3.05) is 13.2 Å². The lowest BCUT2D eigenvalue weighted by molar-refractivity contribution is 0.0840. The summed E-state index contributed by atoms with van der Waals surface area (Å²) in [7, 11) is 1.82. The van der Waals surface area contributed by atoms with Crippen LogP contribution in [0.4, 0.5) is 0 Å². The van der Waals surface area contributed by atoms with Gasteiger partial charge >= 0.3 is 0 Å². The van der Waals surface area contributed by atoms with Crippen LogP contribution in [-0.4, -0.2) is 45.0 Å². The highest BCUT2D eigenvalue weighted by atomic mass is 32.1. The maximum Gasteiger partial charge on any atom is 0.270 e. The fraction of sp³-hybridized carbons (Fsp3) is 0.278. The maximum absolute atomic E-state index is 12.2. The smallest absolute Gasteiger partial charge is 0.270 e. The highest BCUT2D eigenvalue weighted by Gasteiger charge is 2.14. The van der Waals surface area contributed by atoms with Gasteiger partial charge < -0.3 is 15.2 Å². The summed E-state index contributed by atoms with van der Waals surface area (Å²) in [5, 5.41) is 19.2. The van der Waals surface area contributed by atoms with Gasteiger partial charge in [-0.1, -0.05) is 12.1 Å². The number of ether oxygens (including phenoxy) is 1. The number of hydrogen-bond donors (Lipinski definition) is 2. The van der Waals surface area contributed by atoms with E-state index in [0.29, 0.717) is 11.4 Å². The molecule has 26 heavy (non-hydrogen) atoms. The minimum atomic E-state index is -0.809. The van der Waals surface area contributed by atoms with E-state index in [9.17, 15) is 9.90 Å². The van der Waals surface area contributed by atoms with Crippen molar-refractivity contribution in [3.8, 4) is 16.3 Å². The lowest BCUT2D eigenvalue weighted by Crippen LogP contribution is -2.35. The number of benzene rings is 1. The van der Waals surface area contributed by atoms with Gasteiger partial charge in [-0.05, 0) is 24.6 Å². The van der Waals surface area contributed by atoms with Crippen molar-refractivity contribution in [2.45, 2.75) is 13.0 Å². The van der Waals surface area contributed by atoms with E-state index in [2.05, 4.69) is 15.4 Å². The van der Waals surface area contributed by atoms with Gasteiger partial charge in [-0.3, -0.25) is 9.48 Å². The quantitative estimate of drug-likeness (QED) is 0.662. The van der Waals surface area contributed by atoms with Gasteiger partial charge in [0.1, 0.15) is 29.2 Å². The molecule has 0 unspecified atom stereocenters. The molecule has 136 valence electrons. The number of rotatable bonds is 7. The van der Waals surface area contributed by atoms with Gasteiger partial charge in [0.2, 0.25) is 0 Å². The summed E-state index contributed by atoms with van der Waals surface area (Å²) in [6.07, 6.45) is 2.73. The van der Waals surface area contributed by atoms with Gasteiger partial charge in [-0.15, -0.1) is 11.3 Å². The normalized spacial score (nSPS) is 12.0. The minimum Gasteiger partial charge on any atom is -0.491 e. The molecule has 0 aliphatic heterocycles. The fourth-order valence-corrected chi connectivity index (χ4v) is 3.08. The number of aliphatic hydroxyl groups excluding tert-OH is 1. The zero-order chi connectivity index (χ0) is 18.5. The van der Waals surface area contributed by atoms with E-state index >= 15 is 0 Å². The molecule has 1 aromatic carbocycles. The third-order valence-electron chi connectivity index (χ3n) is 3.62. The molecule has 8 heteroatoms. The van der Waals surface area contributed by atoms with E-state index < -0.39 is 6.10 Å². The maximum atomic E-state index is 12.2. The molecule has 2 heterocycles. The van der Waals surface area contributed by atoms with Crippen molar-refractivity contribution in [3.05, 3.63) is 53.3 Å². The molecule has 0 saturated heterocycles. The van der Waals surface area contributed by atoms with Gasteiger partial charge in [0.25, 0.3) is 5.91 Å². The molecule has 2 aromatic heterocycles. The zero-order valence-electron chi connectivity index (χ0n) is 14.5. The van der Waals surface area contributed by atoms with Crippen LogP contribution in [0.3, 0.4) is 0 Å². The van der Waals surface area contributed by atoms with Crippen molar-refractivity contribution in [1.82, 2.24) is 20.1 Å². The first-order chi connectivity index (χ1) is 12.5.